The number of ether oxygens (including phenoxy) is 1. The summed E-state index contributed by atoms with van der Waals surface area (Å²) in [6.45, 7) is 5.15. The number of nitrogens with one attached hydrogen (secondary N) is 1. The maximum absolute atomic E-state index is 5.56. The van der Waals surface area contributed by atoms with Crippen LogP contribution in [0.15, 0.2) is 36.4 Å². The van der Waals surface area contributed by atoms with Crippen LogP contribution in [0.5, 0.6) is 5.75 Å². The molecule has 0 aliphatic carbocycles. The Balaban J connectivity index is 1.78. The third-order valence-corrected chi connectivity index (χ3v) is 4.93. The molecule has 1 atom stereocenters. The molecule has 1 unspecified atom stereocenters. The summed E-state index contributed by atoms with van der Waals surface area (Å²) in [5, 5.41) is 3.57. The number of hydrogen-bond acceptors (Lipinski definition) is 2. The SMILES string of the molecule is Cc1ccc(NC(C)c2ccc3c(c2)CCO3)cc1I. The lowest BCUT2D eigenvalue weighted by Crippen LogP contribution is -2.07. The lowest BCUT2D eigenvalue weighted by atomic mass is 10.0. The van der Waals surface area contributed by atoms with Crippen molar-refractivity contribution in [3.8, 4) is 5.75 Å². The van der Waals surface area contributed by atoms with Crippen LogP contribution < -0.4 is 10.1 Å². The van der Waals surface area contributed by atoms with Crippen LogP contribution in [0, 0.1) is 10.5 Å². The van der Waals surface area contributed by atoms with Gasteiger partial charge in [-0.2, -0.15) is 0 Å². The summed E-state index contributed by atoms with van der Waals surface area (Å²) in [7, 11) is 0. The van der Waals surface area contributed by atoms with Crippen LogP contribution in [0.1, 0.15) is 29.7 Å². The number of anilines is 1. The maximum atomic E-state index is 5.56. The van der Waals surface area contributed by atoms with Gasteiger partial charge in [-0.25, -0.2) is 0 Å². The molecule has 2 aromatic rings. The summed E-state index contributed by atoms with van der Waals surface area (Å²) in [6.07, 6.45) is 1.03. The van der Waals surface area contributed by atoms with Gasteiger partial charge in [-0.05, 0) is 77.4 Å². The van der Waals surface area contributed by atoms with Gasteiger partial charge >= 0.3 is 0 Å². The van der Waals surface area contributed by atoms with Crippen LogP contribution in [-0.2, 0) is 6.42 Å². The van der Waals surface area contributed by atoms with E-state index in [-0.39, 0.29) is 0 Å². The Morgan fingerprint density at radius 1 is 1.20 bits per heavy atom. The Hall–Kier alpha value is -1.23. The summed E-state index contributed by atoms with van der Waals surface area (Å²) in [5.41, 5.74) is 5.13. The molecule has 0 aromatic heterocycles. The second-order valence-corrected chi connectivity index (χ2v) is 6.46. The van der Waals surface area contributed by atoms with Crippen molar-refractivity contribution < 1.29 is 4.74 Å². The lowest BCUT2D eigenvalue weighted by molar-refractivity contribution is 0.357. The fourth-order valence-corrected chi connectivity index (χ4v) is 3.01. The van der Waals surface area contributed by atoms with Gasteiger partial charge in [0.25, 0.3) is 0 Å². The van der Waals surface area contributed by atoms with Gasteiger partial charge in [0.15, 0.2) is 0 Å². The molecular weight excluding hydrogens is 361 g/mol. The van der Waals surface area contributed by atoms with E-state index >= 15 is 0 Å². The van der Waals surface area contributed by atoms with Crippen molar-refractivity contribution in [3.63, 3.8) is 0 Å². The van der Waals surface area contributed by atoms with Crippen molar-refractivity contribution in [1.29, 1.82) is 0 Å². The molecule has 0 radical (unpaired) electrons. The highest BCUT2D eigenvalue weighted by atomic mass is 127. The molecule has 3 rings (SSSR count). The van der Waals surface area contributed by atoms with Crippen molar-refractivity contribution in [3.05, 3.63) is 56.7 Å². The number of benzene rings is 2. The van der Waals surface area contributed by atoms with E-state index in [2.05, 4.69) is 78.2 Å². The molecule has 0 amide bonds. The van der Waals surface area contributed by atoms with Gasteiger partial charge in [0.2, 0.25) is 0 Å². The van der Waals surface area contributed by atoms with Crippen LogP contribution in [0.2, 0.25) is 0 Å². The molecule has 3 heteroatoms. The number of aryl methyl sites for hydroxylation is 1. The molecule has 2 nitrogen and oxygen atoms in total. The number of halogens is 1. The van der Waals surface area contributed by atoms with Gasteiger partial charge < -0.3 is 10.1 Å². The summed E-state index contributed by atoms with van der Waals surface area (Å²) in [4.78, 5) is 0. The Morgan fingerprint density at radius 2 is 2.05 bits per heavy atom. The summed E-state index contributed by atoms with van der Waals surface area (Å²) < 4.78 is 6.85. The number of hydrogen-bond donors (Lipinski definition) is 1. The van der Waals surface area contributed by atoms with Crippen LogP contribution in [0.25, 0.3) is 0 Å². The van der Waals surface area contributed by atoms with Crippen molar-refractivity contribution in [2.24, 2.45) is 0 Å². The first kappa shape index (κ1) is 13.7. The van der Waals surface area contributed by atoms with Gasteiger partial charge in [-0.3, -0.25) is 0 Å². The molecular formula is C17H18INO. The third-order valence-electron chi connectivity index (χ3n) is 3.77. The van der Waals surface area contributed by atoms with E-state index in [1.165, 1.54) is 25.9 Å². The van der Waals surface area contributed by atoms with Gasteiger partial charge in [0, 0.05) is 21.7 Å². The van der Waals surface area contributed by atoms with Crippen LogP contribution in [0.4, 0.5) is 5.69 Å². The average Bonchev–Trinajstić information content (AvgIpc) is 2.90. The Kier molecular flexibility index (Phi) is 3.87. The molecule has 2 aromatic carbocycles. The Labute approximate surface area is 133 Å². The number of rotatable bonds is 3. The first-order valence-electron chi connectivity index (χ1n) is 6.92. The van der Waals surface area contributed by atoms with Crippen molar-refractivity contribution in [2.75, 3.05) is 11.9 Å². The van der Waals surface area contributed by atoms with E-state index < -0.39 is 0 Å². The molecule has 1 aliphatic heterocycles. The molecule has 0 saturated heterocycles. The zero-order valence-electron chi connectivity index (χ0n) is 11.7. The zero-order valence-corrected chi connectivity index (χ0v) is 13.9. The molecule has 20 heavy (non-hydrogen) atoms. The molecule has 104 valence electrons. The largest absolute Gasteiger partial charge is 0.493 e. The minimum Gasteiger partial charge on any atom is -0.493 e. The molecule has 0 bridgehead atoms. The monoisotopic (exact) mass is 379 g/mol. The Morgan fingerprint density at radius 3 is 2.85 bits per heavy atom. The lowest BCUT2D eigenvalue weighted by Gasteiger charge is -2.17. The molecule has 1 aliphatic rings. The van der Waals surface area contributed by atoms with Crippen LogP contribution >= 0.6 is 22.6 Å². The van der Waals surface area contributed by atoms with Gasteiger partial charge in [-0.15, -0.1) is 0 Å². The quantitative estimate of drug-likeness (QED) is 0.781. The zero-order chi connectivity index (χ0) is 14.1. The topological polar surface area (TPSA) is 21.3 Å². The average molecular weight is 379 g/mol. The van der Waals surface area contributed by atoms with E-state index in [0.29, 0.717) is 6.04 Å². The van der Waals surface area contributed by atoms with E-state index in [1.54, 1.807) is 0 Å². The highest BCUT2D eigenvalue weighted by Gasteiger charge is 2.14. The number of fused-ring (bicyclic) bond motifs is 1. The second kappa shape index (κ2) is 5.64. The second-order valence-electron chi connectivity index (χ2n) is 5.30. The van der Waals surface area contributed by atoms with Gasteiger partial charge in [0.1, 0.15) is 5.75 Å². The minimum atomic E-state index is 0.291. The van der Waals surface area contributed by atoms with E-state index in [1.807, 2.05) is 0 Å². The molecule has 1 N–H and O–H groups in total. The minimum absolute atomic E-state index is 0.291. The summed E-state index contributed by atoms with van der Waals surface area (Å²) >= 11 is 2.38. The summed E-state index contributed by atoms with van der Waals surface area (Å²) in [5.74, 6) is 1.05. The third kappa shape index (κ3) is 2.77. The maximum Gasteiger partial charge on any atom is 0.122 e. The molecule has 0 saturated carbocycles. The normalized spacial score (nSPS) is 14.6. The highest BCUT2D eigenvalue weighted by molar-refractivity contribution is 14.1. The van der Waals surface area contributed by atoms with E-state index in [0.717, 1.165) is 18.8 Å². The smallest absolute Gasteiger partial charge is 0.122 e. The van der Waals surface area contributed by atoms with Gasteiger partial charge in [0.05, 0.1) is 6.61 Å². The predicted molar refractivity (Wildman–Crippen MR) is 91.6 cm³/mol. The standard InChI is InChI=1S/C17H18INO/c1-11-3-5-15(10-16(11)18)19-12(2)13-4-6-17-14(9-13)7-8-20-17/h3-6,9-10,12,19H,7-8H2,1-2H3. The van der Waals surface area contributed by atoms with Crippen molar-refractivity contribution >= 4 is 28.3 Å². The Bertz CT molecular complexity index is 639. The summed E-state index contributed by atoms with van der Waals surface area (Å²) in [6, 6.07) is 13.3. The first-order valence-corrected chi connectivity index (χ1v) is 7.99. The fourth-order valence-electron chi connectivity index (χ4n) is 2.49. The fraction of sp³-hybridized carbons (Fsp3) is 0.294. The molecule has 0 spiro atoms. The van der Waals surface area contributed by atoms with Gasteiger partial charge in [-0.1, -0.05) is 12.1 Å². The van der Waals surface area contributed by atoms with E-state index in [9.17, 15) is 0 Å². The van der Waals surface area contributed by atoms with Crippen LogP contribution in [-0.4, -0.2) is 6.61 Å². The van der Waals surface area contributed by atoms with Crippen LogP contribution in [0.3, 0.4) is 0 Å². The predicted octanol–water partition coefficient (Wildman–Crippen LogP) is 4.71. The molecule has 1 heterocycles. The highest BCUT2D eigenvalue weighted by Crippen LogP contribution is 2.29. The van der Waals surface area contributed by atoms with E-state index in [4.69, 9.17) is 4.74 Å². The first-order chi connectivity index (χ1) is 9.63. The van der Waals surface area contributed by atoms with Crippen molar-refractivity contribution in [1.82, 2.24) is 0 Å². The van der Waals surface area contributed by atoms with Crippen molar-refractivity contribution in [2.45, 2.75) is 26.3 Å². The molecule has 0 fully saturated rings.